The molecule has 0 aliphatic carbocycles. The van der Waals surface area contributed by atoms with E-state index in [1.807, 2.05) is 6.07 Å². The first kappa shape index (κ1) is 9.77. The van der Waals surface area contributed by atoms with Crippen LogP contribution in [0.4, 0.5) is 0 Å². The van der Waals surface area contributed by atoms with Gasteiger partial charge in [-0.25, -0.2) is 0 Å². The molecule has 14 heavy (non-hydrogen) atoms. The Bertz CT molecular complexity index is 400. The van der Waals surface area contributed by atoms with Crippen LogP contribution in [0.1, 0.15) is 12.8 Å². The summed E-state index contributed by atoms with van der Waals surface area (Å²) >= 11 is 0. The average Bonchev–Trinajstić information content (AvgIpc) is 2.20. The molecule has 0 aromatic heterocycles. The number of amides is 1. The number of nitrogens with zero attached hydrogens (tertiary/aromatic N) is 3. The van der Waals surface area contributed by atoms with Crippen LogP contribution in [0.3, 0.4) is 0 Å². The van der Waals surface area contributed by atoms with Crippen molar-refractivity contribution in [2.75, 3.05) is 0 Å². The Hall–Kier alpha value is -2.32. The van der Waals surface area contributed by atoms with Crippen LogP contribution < -0.4 is 5.32 Å². The fourth-order valence-corrected chi connectivity index (χ4v) is 1.23. The van der Waals surface area contributed by atoms with Crippen molar-refractivity contribution in [1.82, 2.24) is 5.32 Å². The predicted octanol–water partition coefficient (Wildman–Crippen LogP) is 0.337. The summed E-state index contributed by atoms with van der Waals surface area (Å²) in [4.78, 5) is 11.0. The van der Waals surface area contributed by atoms with Crippen molar-refractivity contribution in [3.8, 4) is 18.2 Å². The Morgan fingerprint density at radius 2 is 2.00 bits per heavy atom. The fraction of sp³-hybridized carbons (Fsp3) is 0.333. The van der Waals surface area contributed by atoms with Crippen molar-refractivity contribution in [2.45, 2.75) is 12.8 Å². The van der Waals surface area contributed by atoms with E-state index in [-0.39, 0.29) is 23.6 Å². The summed E-state index contributed by atoms with van der Waals surface area (Å²) in [5, 5.41) is 28.3. The lowest BCUT2D eigenvalue weighted by Crippen LogP contribution is -2.33. The minimum Gasteiger partial charge on any atom is -0.327 e. The molecule has 1 unspecified atom stereocenters. The van der Waals surface area contributed by atoms with Crippen molar-refractivity contribution in [1.29, 1.82) is 15.8 Å². The molecule has 1 saturated heterocycles. The van der Waals surface area contributed by atoms with Crippen LogP contribution in [-0.2, 0) is 4.79 Å². The molecule has 0 aromatic carbocycles. The first-order chi connectivity index (χ1) is 6.72. The Labute approximate surface area is 80.9 Å². The van der Waals surface area contributed by atoms with Crippen LogP contribution in [0, 0.1) is 39.9 Å². The Morgan fingerprint density at radius 1 is 1.36 bits per heavy atom. The lowest BCUT2D eigenvalue weighted by atomic mass is 9.94. The third kappa shape index (κ3) is 1.71. The molecule has 0 spiro atoms. The van der Waals surface area contributed by atoms with Crippen LogP contribution >= 0.6 is 0 Å². The number of allylic oxidation sites excluding steroid dienone is 2. The summed E-state index contributed by atoms with van der Waals surface area (Å²) in [5.41, 5.74) is -0.0432. The molecule has 1 aliphatic rings. The van der Waals surface area contributed by atoms with Gasteiger partial charge in [0.1, 0.15) is 17.7 Å². The summed E-state index contributed by atoms with van der Waals surface area (Å²) < 4.78 is 0. The van der Waals surface area contributed by atoms with Crippen LogP contribution in [0.25, 0.3) is 0 Å². The SMILES string of the molecule is N#CC(C#N)=C1NC(=O)CCC1C#N. The highest BCUT2D eigenvalue weighted by Crippen LogP contribution is 2.21. The molecule has 0 radical (unpaired) electrons. The van der Waals surface area contributed by atoms with Gasteiger partial charge in [-0.1, -0.05) is 0 Å². The minimum atomic E-state index is -0.554. The maximum Gasteiger partial charge on any atom is 0.224 e. The van der Waals surface area contributed by atoms with Crippen LogP contribution in [0.2, 0.25) is 0 Å². The molecule has 5 nitrogen and oxygen atoms in total. The maximum absolute atomic E-state index is 11.0. The Morgan fingerprint density at radius 3 is 2.50 bits per heavy atom. The van der Waals surface area contributed by atoms with Crippen molar-refractivity contribution in [2.24, 2.45) is 5.92 Å². The van der Waals surface area contributed by atoms with Gasteiger partial charge in [0.15, 0.2) is 0 Å². The number of nitrogens with one attached hydrogen (secondary N) is 1. The molecular formula is C9H6N4O. The number of hydrogen-bond acceptors (Lipinski definition) is 4. The van der Waals surface area contributed by atoms with Gasteiger partial charge in [0.2, 0.25) is 5.91 Å². The second-order valence-electron chi connectivity index (χ2n) is 2.78. The number of hydrogen-bond donors (Lipinski definition) is 1. The molecule has 1 N–H and O–H groups in total. The summed E-state index contributed by atoms with van der Waals surface area (Å²) in [6.07, 6.45) is 0.621. The summed E-state index contributed by atoms with van der Waals surface area (Å²) in [6, 6.07) is 5.27. The van der Waals surface area contributed by atoms with Crippen molar-refractivity contribution < 1.29 is 4.79 Å². The van der Waals surface area contributed by atoms with Gasteiger partial charge in [-0.15, -0.1) is 0 Å². The van der Waals surface area contributed by atoms with E-state index in [0.29, 0.717) is 6.42 Å². The first-order valence-electron chi connectivity index (χ1n) is 3.96. The monoisotopic (exact) mass is 186 g/mol. The van der Waals surface area contributed by atoms with E-state index in [9.17, 15) is 4.79 Å². The van der Waals surface area contributed by atoms with Gasteiger partial charge in [-0.3, -0.25) is 4.79 Å². The number of carbonyl (C=O) groups excluding carboxylic acids is 1. The van der Waals surface area contributed by atoms with Gasteiger partial charge in [-0.05, 0) is 6.42 Å². The highest BCUT2D eigenvalue weighted by molar-refractivity contribution is 5.80. The molecule has 1 aliphatic heterocycles. The Balaban J connectivity index is 3.12. The number of rotatable bonds is 0. The fourth-order valence-electron chi connectivity index (χ4n) is 1.23. The highest BCUT2D eigenvalue weighted by atomic mass is 16.1. The van der Waals surface area contributed by atoms with E-state index < -0.39 is 5.92 Å². The molecule has 1 heterocycles. The van der Waals surface area contributed by atoms with Crippen molar-refractivity contribution in [3.05, 3.63) is 11.3 Å². The number of carbonyl (C=O) groups is 1. The van der Waals surface area contributed by atoms with E-state index in [1.54, 1.807) is 12.1 Å². The van der Waals surface area contributed by atoms with E-state index >= 15 is 0 Å². The van der Waals surface area contributed by atoms with Crippen molar-refractivity contribution >= 4 is 5.91 Å². The summed E-state index contributed by atoms with van der Waals surface area (Å²) in [5.74, 6) is -0.809. The molecular weight excluding hydrogens is 180 g/mol. The van der Waals surface area contributed by atoms with Gasteiger partial charge in [-0.2, -0.15) is 15.8 Å². The van der Waals surface area contributed by atoms with Crippen LogP contribution in [0.15, 0.2) is 11.3 Å². The second-order valence-corrected chi connectivity index (χ2v) is 2.78. The van der Waals surface area contributed by atoms with E-state index in [2.05, 4.69) is 5.32 Å². The zero-order valence-electron chi connectivity index (χ0n) is 7.24. The second kappa shape index (κ2) is 4.07. The van der Waals surface area contributed by atoms with Gasteiger partial charge in [0, 0.05) is 6.42 Å². The zero-order valence-corrected chi connectivity index (χ0v) is 7.24. The standard InChI is InChI=1S/C9H6N4O/c10-3-6-1-2-8(14)13-9(6)7(4-11)5-12/h6H,1-2H2,(H,13,14). The van der Waals surface area contributed by atoms with Gasteiger partial charge < -0.3 is 5.32 Å². The number of nitriles is 3. The predicted molar refractivity (Wildman–Crippen MR) is 44.7 cm³/mol. The largest absolute Gasteiger partial charge is 0.327 e. The third-order valence-electron chi connectivity index (χ3n) is 1.93. The number of piperidine rings is 1. The molecule has 68 valence electrons. The molecule has 1 fully saturated rings. The topological polar surface area (TPSA) is 100 Å². The van der Waals surface area contributed by atoms with E-state index in [0.717, 1.165) is 0 Å². The van der Waals surface area contributed by atoms with Gasteiger partial charge in [0.25, 0.3) is 0 Å². The van der Waals surface area contributed by atoms with Crippen LogP contribution in [0.5, 0.6) is 0 Å². The van der Waals surface area contributed by atoms with Gasteiger partial charge in [0.05, 0.1) is 17.7 Å². The van der Waals surface area contributed by atoms with Crippen LogP contribution in [-0.4, -0.2) is 5.91 Å². The summed E-state index contributed by atoms with van der Waals surface area (Å²) in [7, 11) is 0. The lowest BCUT2D eigenvalue weighted by Gasteiger charge is -2.19. The maximum atomic E-state index is 11.0. The molecule has 1 atom stereocenters. The lowest BCUT2D eigenvalue weighted by molar-refractivity contribution is -0.121. The molecule has 0 bridgehead atoms. The smallest absolute Gasteiger partial charge is 0.224 e. The van der Waals surface area contributed by atoms with Crippen molar-refractivity contribution in [3.63, 3.8) is 0 Å². The third-order valence-corrected chi connectivity index (χ3v) is 1.93. The molecule has 0 aromatic rings. The van der Waals surface area contributed by atoms with Gasteiger partial charge >= 0.3 is 0 Å². The molecule has 0 saturated carbocycles. The highest BCUT2D eigenvalue weighted by Gasteiger charge is 2.26. The summed E-state index contributed by atoms with van der Waals surface area (Å²) in [6.45, 7) is 0. The molecule has 5 heteroatoms. The molecule has 1 amide bonds. The minimum absolute atomic E-state index is 0.147. The quantitative estimate of drug-likeness (QED) is 0.551. The average molecular weight is 186 g/mol. The zero-order chi connectivity index (χ0) is 10.6. The normalized spacial score (nSPS) is 19.9. The molecule has 1 rings (SSSR count). The first-order valence-corrected chi connectivity index (χ1v) is 3.96. The van der Waals surface area contributed by atoms with E-state index in [4.69, 9.17) is 15.8 Å². The van der Waals surface area contributed by atoms with E-state index in [1.165, 1.54) is 0 Å². The Kier molecular flexibility index (Phi) is 2.84.